The lowest BCUT2D eigenvalue weighted by Gasteiger charge is -2.12. The smallest absolute Gasteiger partial charge is 0.322 e. The first-order valence-corrected chi connectivity index (χ1v) is 10.7. The predicted octanol–water partition coefficient (Wildman–Crippen LogP) is 4.60. The Hall–Kier alpha value is -4.84. The summed E-state index contributed by atoms with van der Waals surface area (Å²) in [6.45, 7) is 3.74. The maximum absolute atomic E-state index is 15.3. The molecule has 4 heterocycles. The van der Waals surface area contributed by atoms with Gasteiger partial charge in [0.2, 0.25) is 0 Å². The third kappa shape index (κ3) is 3.81. The van der Waals surface area contributed by atoms with Gasteiger partial charge in [-0.1, -0.05) is 12.0 Å². The number of aromatic nitrogens is 6. The Kier molecular flexibility index (Phi) is 5.34. The number of halogens is 1. The van der Waals surface area contributed by atoms with Crippen molar-refractivity contribution in [2.24, 2.45) is 7.05 Å². The Labute approximate surface area is 200 Å². The molecule has 5 aromatic rings. The molecule has 0 saturated heterocycles. The van der Waals surface area contributed by atoms with Crippen LogP contribution in [0.1, 0.15) is 17.0 Å². The standard InChI is InChI=1S/C26H20FN7O/c1-5-17-10-14(2)18(12-30-17)23-21(22-24(28)31-13-32-25(22)34(23)4)16-6-7-20(19(27)11-16)35-26-29-9-8-15(3)33-26/h1,6-13H,2-4H3,(H2,28,31,32). The fourth-order valence-corrected chi connectivity index (χ4v) is 4.07. The van der Waals surface area contributed by atoms with Crippen LogP contribution in [0.25, 0.3) is 33.4 Å². The lowest BCUT2D eigenvalue weighted by molar-refractivity contribution is 0.410. The van der Waals surface area contributed by atoms with E-state index in [2.05, 4.69) is 30.8 Å². The second-order valence-corrected chi connectivity index (χ2v) is 8.00. The fourth-order valence-electron chi connectivity index (χ4n) is 4.07. The molecule has 0 aliphatic carbocycles. The normalized spacial score (nSPS) is 10.9. The zero-order valence-corrected chi connectivity index (χ0v) is 19.2. The van der Waals surface area contributed by atoms with Crippen molar-refractivity contribution in [2.45, 2.75) is 13.8 Å². The molecule has 0 aliphatic rings. The van der Waals surface area contributed by atoms with E-state index in [4.69, 9.17) is 16.9 Å². The van der Waals surface area contributed by atoms with Crippen LogP contribution < -0.4 is 10.5 Å². The van der Waals surface area contributed by atoms with Gasteiger partial charge in [0.15, 0.2) is 11.6 Å². The molecule has 0 saturated carbocycles. The molecule has 0 aliphatic heterocycles. The summed E-state index contributed by atoms with van der Waals surface area (Å²) in [5.41, 5.74) is 11.9. The molecule has 5 rings (SSSR count). The van der Waals surface area contributed by atoms with Crippen LogP contribution in [0.3, 0.4) is 0 Å². The Morgan fingerprint density at radius 3 is 2.63 bits per heavy atom. The lowest BCUT2D eigenvalue weighted by atomic mass is 9.97. The number of nitrogens with two attached hydrogens (primary N) is 1. The third-order valence-corrected chi connectivity index (χ3v) is 5.70. The highest BCUT2D eigenvalue weighted by molar-refractivity contribution is 6.08. The van der Waals surface area contributed by atoms with E-state index in [0.717, 1.165) is 16.8 Å². The molecule has 1 aromatic carbocycles. The van der Waals surface area contributed by atoms with Crippen LogP contribution >= 0.6 is 0 Å². The summed E-state index contributed by atoms with van der Waals surface area (Å²) in [7, 11) is 1.87. The van der Waals surface area contributed by atoms with Crippen LogP contribution in [0.5, 0.6) is 11.8 Å². The van der Waals surface area contributed by atoms with E-state index in [0.29, 0.717) is 33.5 Å². The number of fused-ring (bicyclic) bond motifs is 1. The van der Waals surface area contributed by atoms with Crippen molar-refractivity contribution in [2.75, 3.05) is 5.73 Å². The first kappa shape index (κ1) is 22.0. The predicted molar refractivity (Wildman–Crippen MR) is 131 cm³/mol. The third-order valence-electron chi connectivity index (χ3n) is 5.70. The van der Waals surface area contributed by atoms with Crippen LogP contribution in [0.2, 0.25) is 0 Å². The monoisotopic (exact) mass is 465 g/mol. The van der Waals surface area contributed by atoms with Crippen molar-refractivity contribution in [3.05, 3.63) is 71.8 Å². The number of ether oxygens (including phenoxy) is 1. The van der Waals surface area contributed by atoms with Crippen LogP contribution in [-0.2, 0) is 7.05 Å². The molecule has 9 heteroatoms. The number of pyridine rings is 1. The summed E-state index contributed by atoms with van der Waals surface area (Å²) < 4.78 is 22.7. The highest BCUT2D eigenvalue weighted by Gasteiger charge is 2.24. The molecule has 8 nitrogen and oxygen atoms in total. The molecule has 0 radical (unpaired) electrons. The van der Waals surface area contributed by atoms with Crippen molar-refractivity contribution in [1.82, 2.24) is 29.5 Å². The van der Waals surface area contributed by atoms with Gasteiger partial charge < -0.3 is 15.0 Å². The zero-order valence-electron chi connectivity index (χ0n) is 19.2. The van der Waals surface area contributed by atoms with E-state index >= 15 is 4.39 Å². The lowest BCUT2D eigenvalue weighted by Crippen LogP contribution is -1.98. The molecule has 0 spiro atoms. The van der Waals surface area contributed by atoms with Gasteiger partial charge in [-0.25, -0.2) is 29.3 Å². The summed E-state index contributed by atoms with van der Waals surface area (Å²) in [6, 6.07) is 8.28. The number of hydrogen-bond acceptors (Lipinski definition) is 7. The van der Waals surface area contributed by atoms with Crippen molar-refractivity contribution < 1.29 is 9.13 Å². The molecular formula is C26H20FN7O. The number of hydrogen-bond donors (Lipinski definition) is 1. The van der Waals surface area contributed by atoms with Gasteiger partial charge in [-0.15, -0.1) is 6.42 Å². The maximum Gasteiger partial charge on any atom is 0.322 e. The summed E-state index contributed by atoms with van der Waals surface area (Å²) in [6.07, 6.45) is 10.2. The molecule has 0 amide bonds. The maximum atomic E-state index is 15.3. The van der Waals surface area contributed by atoms with Gasteiger partial charge in [0, 0.05) is 36.3 Å². The van der Waals surface area contributed by atoms with Crippen LogP contribution in [0.4, 0.5) is 10.2 Å². The highest BCUT2D eigenvalue weighted by atomic mass is 19.1. The van der Waals surface area contributed by atoms with E-state index in [1.54, 1.807) is 31.5 Å². The zero-order chi connectivity index (χ0) is 24.7. The molecule has 4 aromatic heterocycles. The molecule has 172 valence electrons. The van der Waals surface area contributed by atoms with Crippen LogP contribution in [0.15, 0.2) is 49.1 Å². The molecule has 0 unspecified atom stereocenters. The van der Waals surface area contributed by atoms with Crippen LogP contribution in [-0.4, -0.2) is 29.5 Å². The molecule has 2 N–H and O–H groups in total. The average molecular weight is 465 g/mol. The minimum absolute atomic E-state index is 0.00146. The minimum atomic E-state index is -0.580. The summed E-state index contributed by atoms with van der Waals surface area (Å²) in [4.78, 5) is 21.2. The average Bonchev–Trinajstić information content (AvgIpc) is 3.14. The van der Waals surface area contributed by atoms with Crippen molar-refractivity contribution in [1.29, 1.82) is 0 Å². The molecule has 0 atom stereocenters. The number of anilines is 1. The number of benzene rings is 1. The molecular weight excluding hydrogens is 445 g/mol. The SMILES string of the molecule is C#Cc1cc(C)c(-c2c(-c3ccc(Oc4nccc(C)n4)c(F)c3)c3c(N)ncnc3n2C)cn1. The quantitative estimate of drug-likeness (QED) is 0.387. The van der Waals surface area contributed by atoms with Gasteiger partial charge in [-0.2, -0.15) is 0 Å². The van der Waals surface area contributed by atoms with E-state index in [-0.39, 0.29) is 17.6 Å². The van der Waals surface area contributed by atoms with Crippen molar-refractivity contribution in [3.8, 4) is 46.5 Å². The number of nitrogens with zero attached hydrogens (tertiary/aromatic N) is 6. The van der Waals surface area contributed by atoms with E-state index in [9.17, 15) is 0 Å². The Balaban J connectivity index is 1.71. The van der Waals surface area contributed by atoms with Gasteiger partial charge >= 0.3 is 6.01 Å². The fraction of sp³-hybridized carbons (Fsp3) is 0.115. The number of terminal acetylenes is 1. The number of rotatable bonds is 4. The minimum Gasteiger partial charge on any atom is -0.421 e. The largest absolute Gasteiger partial charge is 0.421 e. The van der Waals surface area contributed by atoms with Gasteiger partial charge in [0.1, 0.15) is 23.5 Å². The number of nitrogen functional groups attached to an aromatic ring is 1. The Morgan fingerprint density at radius 2 is 1.91 bits per heavy atom. The first-order valence-electron chi connectivity index (χ1n) is 10.7. The van der Waals surface area contributed by atoms with Crippen LogP contribution in [0, 0.1) is 32.0 Å². The second-order valence-electron chi connectivity index (χ2n) is 8.00. The highest BCUT2D eigenvalue weighted by Crippen LogP contribution is 2.43. The van der Waals surface area contributed by atoms with Crippen molar-refractivity contribution in [3.63, 3.8) is 0 Å². The second kappa shape index (κ2) is 8.50. The number of aryl methyl sites for hydroxylation is 3. The van der Waals surface area contributed by atoms with Crippen molar-refractivity contribution >= 4 is 16.9 Å². The Morgan fingerprint density at radius 1 is 1.09 bits per heavy atom. The van der Waals surface area contributed by atoms with Gasteiger partial charge in [-0.05, 0) is 49.2 Å². The van der Waals surface area contributed by atoms with Gasteiger partial charge in [0.05, 0.1) is 11.1 Å². The van der Waals surface area contributed by atoms with Gasteiger partial charge in [-0.3, -0.25) is 0 Å². The molecule has 0 fully saturated rings. The summed E-state index contributed by atoms with van der Waals surface area (Å²) in [5, 5.41) is 0.612. The topological polar surface area (TPSA) is 105 Å². The molecule has 35 heavy (non-hydrogen) atoms. The first-order chi connectivity index (χ1) is 16.9. The summed E-state index contributed by atoms with van der Waals surface area (Å²) in [5.74, 6) is 2.25. The molecule has 0 bridgehead atoms. The van der Waals surface area contributed by atoms with Gasteiger partial charge in [0.25, 0.3) is 0 Å². The van der Waals surface area contributed by atoms with E-state index < -0.39 is 5.82 Å². The van der Waals surface area contributed by atoms with E-state index in [1.165, 1.54) is 18.5 Å². The van der Waals surface area contributed by atoms with E-state index in [1.807, 2.05) is 24.6 Å². The summed E-state index contributed by atoms with van der Waals surface area (Å²) >= 11 is 0. The Bertz CT molecular complexity index is 1650.